The van der Waals surface area contributed by atoms with Crippen LogP contribution in [0.25, 0.3) is 11.1 Å². The van der Waals surface area contributed by atoms with E-state index >= 15 is 0 Å². The second kappa shape index (κ2) is 12.4. The Kier molecular flexibility index (Phi) is 9.91. The Morgan fingerprint density at radius 2 is 1.19 bits per heavy atom. The molecule has 0 unspecified atom stereocenters. The van der Waals surface area contributed by atoms with Gasteiger partial charge in [-0.25, -0.2) is 9.59 Å². The van der Waals surface area contributed by atoms with Gasteiger partial charge >= 0.3 is 12.2 Å². The summed E-state index contributed by atoms with van der Waals surface area (Å²) in [5.41, 5.74) is 4.81. The Labute approximate surface area is 215 Å². The van der Waals surface area contributed by atoms with Crippen LogP contribution >= 0.6 is 0 Å². The monoisotopic (exact) mass is 492 g/mol. The molecule has 0 bridgehead atoms. The number of hydrogen-bond acceptors (Lipinski definition) is 4. The van der Waals surface area contributed by atoms with Crippen molar-refractivity contribution < 1.29 is 19.1 Å². The van der Waals surface area contributed by atoms with Crippen molar-refractivity contribution in [1.82, 2.24) is 10.6 Å². The molecule has 6 heteroatoms. The van der Waals surface area contributed by atoms with E-state index in [0.717, 1.165) is 33.4 Å². The highest BCUT2D eigenvalue weighted by Crippen LogP contribution is 2.24. The van der Waals surface area contributed by atoms with Gasteiger partial charge in [0.1, 0.15) is 0 Å². The third-order valence-electron chi connectivity index (χ3n) is 6.01. The van der Waals surface area contributed by atoms with Crippen LogP contribution in [0.4, 0.5) is 9.59 Å². The Hall–Kier alpha value is -3.54. The molecule has 0 atom stereocenters. The third kappa shape index (κ3) is 8.59. The van der Waals surface area contributed by atoms with Crippen molar-refractivity contribution in [3.8, 4) is 0 Å². The molecule has 2 N–H and O–H groups in total. The number of allylic oxidation sites excluding steroid dienone is 2. The van der Waals surface area contributed by atoms with E-state index < -0.39 is 23.3 Å². The van der Waals surface area contributed by atoms with Crippen LogP contribution in [-0.4, -0.2) is 25.4 Å². The number of alkyl carbamates (subject to hydrolysis) is 2. The fourth-order valence-electron chi connectivity index (χ4n) is 3.61. The largest absolute Gasteiger partial charge is 0.450 e. The highest BCUT2D eigenvalue weighted by atomic mass is 16.6. The summed E-state index contributed by atoms with van der Waals surface area (Å²) < 4.78 is 10.6. The topological polar surface area (TPSA) is 76.7 Å². The van der Waals surface area contributed by atoms with Gasteiger partial charge in [-0.1, -0.05) is 66.8 Å². The van der Waals surface area contributed by atoms with Gasteiger partial charge < -0.3 is 20.1 Å². The van der Waals surface area contributed by atoms with Crippen LogP contribution in [0.1, 0.15) is 76.6 Å². The van der Waals surface area contributed by atoms with E-state index in [4.69, 9.17) is 9.47 Å². The predicted octanol–water partition coefficient (Wildman–Crippen LogP) is 7.16. The average Bonchev–Trinajstić information content (AvgIpc) is 2.80. The summed E-state index contributed by atoms with van der Waals surface area (Å²) in [5, 5.41) is 5.81. The van der Waals surface area contributed by atoms with Gasteiger partial charge in [-0.2, -0.15) is 0 Å². The number of nitrogens with one attached hydrogen (secondary N) is 2. The van der Waals surface area contributed by atoms with Crippen molar-refractivity contribution in [3.05, 3.63) is 83.9 Å². The van der Waals surface area contributed by atoms with Crippen LogP contribution < -0.4 is 10.6 Å². The van der Waals surface area contributed by atoms with Crippen molar-refractivity contribution in [3.63, 3.8) is 0 Å². The summed E-state index contributed by atoms with van der Waals surface area (Å²) in [6, 6.07) is 15.9. The van der Waals surface area contributed by atoms with Gasteiger partial charge in [-0.05, 0) is 82.7 Å². The summed E-state index contributed by atoms with van der Waals surface area (Å²) >= 11 is 0. The summed E-state index contributed by atoms with van der Waals surface area (Å²) in [5.74, 6) is 0. The first kappa shape index (κ1) is 28.7. The molecule has 6 nitrogen and oxygen atoms in total. The number of rotatable bonds is 11. The molecule has 0 saturated carbocycles. The van der Waals surface area contributed by atoms with Crippen LogP contribution in [0.3, 0.4) is 0 Å². The normalized spacial score (nSPS) is 11.4. The van der Waals surface area contributed by atoms with E-state index in [0.29, 0.717) is 12.8 Å². The third-order valence-corrected chi connectivity index (χ3v) is 6.01. The SMILES string of the molecule is C=C(C)c1ccc(C(C)(C)NC(=O)OCCCCOC(=O)NC(C)(C)c2cccc(C(=C)C)c2)cc1. The fraction of sp³-hybridized carbons (Fsp3) is 0.400. The molecule has 0 saturated heterocycles. The molecule has 2 aromatic rings. The van der Waals surface area contributed by atoms with E-state index in [1.54, 1.807) is 0 Å². The minimum absolute atomic E-state index is 0.235. The fourth-order valence-corrected chi connectivity index (χ4v) is 3.61. The molecule has 0 heterocycles. The zero-order valence-electron chi connectivity index (χ0n) is 22.5. The molecule has 0 aromatic heterocycles. The molecule has 0 aliphatic carbocycles. The van der Waals surface area contributed by atoms with E-state index in [9.17, 15) is 9.59 Å². The number of carbonyl (C=O) groups excluding carboxylic acids is 2. The lowest BCUT2D eigenvalue weighted by atomic mass is 9.92. The zero-order valence-corrected chi connectivity index (χ0v) is 22.5. The molecule has 0 fully saturated rings. The molecule has 2 rings (SSSR count). The molecule has 194 valence electrons. The molecular weight excluding hydrogens is 452 g/mol. The van der Waals surface area contributed by atoms with Crippen molar-refractivity contribution in [2.75, 3.05) is 13.2 Å². The number of hydrogen-bond donors (Lipinski definition) is 2. The molecule has 0 aliphatic rings. The molecular formula is C30H40N2O4. The van der Waals surface area contributed by atoms with Crippen LogP contribution in [0, 0.1) is 0 Å². The highest BCUT2D eigenvalue weighted by molar-refractivity contribution is 5.69. The Morgan fingerprint density at radius 3 is 1.67 bits per heavy atom. The molecule has 2 amide bonds. The van der Waals surface area contributed by atoms with E-state index in [2.05, 4.69) is 23.8 Å². The predicted molar refractivity (Wildman–Crippen MR) is 147 cm³/mol. The Bertz CT molecular complexity index is 1080. The lowest BCUT2D eigenvalue weighted by Gasteiger charge is -2.27. The van der Waals surface area contributed by atoms with E-state index in [1.807, 2.05) is 90.1 Å². The molecule has 2 aromatic carbocycles. The number of ether oxygens (including phenoxy) is 2. The van der Waals surface area contributed by atoms with Gasteiger partial charge in [0.2, 0.25) is 0 Å². The zero-order chi connectivity index (χ0) is 26.9. The summed E-state index contributed by atoms with van der Waals surface area (Å²) in [7, 11) is 0. The number of unbranched alkanes of at least 4 members (excludes halogenated alkanes) is 1. The summed E-state index contributed by atoms with van der Waals surface area (Å²) in [6.45, 7) is 20.0. The highest BCUT2D eigenvalue weighted by Gasteiger charge is 2.25. The first-order valence-corrected chi connectivity index (χ1v) is 12.2. The maximum atomic E-state index is 12.3. The molecule has 36 heavy (non-hydrogen) atoms. The maximum Gasteiger partial charge on any atom is 0.407 e. The van der Waals surface area contributed by atoms with Gasteiger partial charge in [0.15, 0.2) is 0 Å². The van der Waals surface area contributed by atoms with Gasteiger partial charge in [-0.15, -0.1) is 0 Å². The van der Waals surface area contributed by atoms with Crippen LogP contribution in [0.5, 0.6) is 0 Å². The van der Waals surface area contributed by atoms with E-state index in [-0.39, 0.29) is 13.2 Å². The standard InChI is InChI=1S/C30H40N2O4/c1-21(2)23-14-16-25(17-15-23)29(5,6)31-27(33)35-18-9-10-19-36-28(34)32-30(7,8)26-13-11-12-24(20-26)22(3)4/h11-17,20H,1,3,9-10,18-19H2,2,4-8H3,(H,31,33)(H,32,34). The second-order valence-electron chi connectivity index (χ2n) is 10.2. The maximum absolute atomic E-state index is 12.3. The van der Waals surface area contributed by atoms with Crippen LogP contribution in [0.2, 0.25) is 0 Å². The minimum atomic E-state index is -0.596. The van der Waals surface area contributed by atoms with Gasteiger partial charge in [0, 0.05) is 0 Å². The van der Waals surface area contributed by atoms with Crippen molar-refractivity contribution >= 4 is 23.3 Å². The number of amides is 2. The molecule has 0 aliphatic heterocycles. The van der Waals surface area contributed by atoms with Crippen LogP contribution in [-0.2, 0) is 20.6 Å². The van der Waals surface area contributed by atoms with Gasteiger partial charge in [0.25, 0.3) is 0 Å². The molecule has 0 radical (unpaired) electrons. The summed E-state index contributed by atoms with van der Waals surface area (Å²) in [4.78, 5) is 24.5. The first-order chi connectivity index (χ1) is 16.8. The first-order valence-electron chi connectivity index (χ1n) is 12.2. The van der Waals surface area contributed by atoms with Crippen molar-refractivity contribution in [1.29, 1.82) is 0 Å². The van der Waals surface area contributed by atoms with Crippen molar-refractivity contribution in [2.45, 2.75) is 65.5 Å². The number of benzene rings is 2. The lowest BCUT2D eigenvalue weighted by molar-refractivity contribution is 0.119. The Morgan fingerprint density at radius 1 is 0.722 bits per heavy atom. The summed E-state index contributed by atoms with van der Waals surface area (Å²) in [6.07, 6.45) is 0.191. The van der Waals surface area contributed by atoms with Gasteiger partial charge in [-0.3, -0.25) is 0 Å². The Balaban J connectivity index is 1.70. The van der Waals surface area contributed by atoms with Gasteiger partial charge in [0.05, 0.1) is 24.3 Å². The average molecular weight is 493 g/mol. The van der Waals surface area contributed by atoms with Crippen molar-refractivity contribution in [2.24, 2.45) is 0 Å². The number of carbonyl (C=O) groups is 2. The quantitative estimate of drug-likeness (QED) is 0.326. The molecule has 0 spiro atoms. The minimum Gasteiger partial charge on any atom is -0.450 e. The van der Waals surface area contributed by atoms with E-state index in [1.165, 1.54) is 0 Å². The second-order valence-corrected chi connectivity index (χ2v) is 10.2. The van der Waals surface area contributed by atoms with Crippen LogP contribution in [0.15, 0.2) is 61.7 Å². The lowest BCUT2D eigenvalue weighted by Crippen LogP contribution is -2.41. The smallest absolute Gasteiger partial charge is 0.407 e.